The van der Waals surface area contributed by atoms with Crippen LogP contribution in [0.25, 0.3) is 10.9 Å². The van der Waals surface area contributed by atoms with Crippen LogP contribution >= 0.6 is 15.9 Å². The van der Waals surface area contributed by atoms with Gasteiger partial charge in [-0.1, -0.05) is 22.0 Å². The summed E-state index contributed by atoms with van der Waals surface area (Å²) in [6.07, 6.45) is 0. The van der Waals surface area contributed by atoms with E-state index >= 15 is 0 Å². The second-order valence-electron chi connectivity index (χ2n) is 7.22. The van der Waals surface area contributed by atoms with Crippen LogP contribution in [0.15, 0.2) is 34.8 Å². The van der Waals surface area contributed by atoms with E-state index in [9.17, 15) is 9.18 Å². The SMILES string of the molecule is CN(C(=O)c1cc2c3c(c(N)nc2cc1F)COC3)[C@@H]1COc2cc(Br)ccc21. The summed E-state index contributed by atoms with van der Waals surface area (Å²) < 4.78 is 26.9. The van der Waals surface area contributed by atoms with E-state index in [1.165, 1.54) is 11.0 Å². The number of hydrogen-bond acceptors (Lipinski definition) is 5. The molecule has 0 fully saturated rings. The van der Waals surface area contributed by atoms with Gasteiger partial charge in [-0.15, -0.1) is 0 Å². The monoisotopic (exact) mass is 457 g/mol. The number of nitrogens with zero attached hydrogens (tertiary/aromatic N) is 2. The van der Waals surface area contributed by atoms with E-state index in [0.717, 1.165) is 26.9 Å². The highest BCUT2D eigenvalue weighted by Crippen LogP contribution is 2.38. The van der Waals surface area contributed by atoms with Crippen molar-refractivity contribution < 1.29 is 18.7 Å². The zero-order valence-electron chi connectivity index (χ0n) is 15.5. The minimum atomic E-state index is -0.630. The third kappa shape index (κ3) is 2.86. The number of nitrogens with two attached hydrogens (primary N) is 1. The van der Waals surface area contributed by atoms with Crippen LogP contribution in [-0.2, 0) is 18.0 Å². The molecule has 1 amide bonds. The fourth-order valence-electron chi connectivity index (χ4n) is 3.98. The number of hydrogen-bond donors (Lipinski definition) is 1. The van der Waals surface area contributed by atoms with Crippen LogP contribution in [0.4, 0.5) is 10.2 Å². The van der Waals surface area contributed by atoms with Crippen molar-refractivity contribution in [3.8, 4) is 5.75 Å². The topological polar surface area (TPSA) is 77.7 Å². The molecule has 5 rings (SSSR count). The first kappa shape index (κ1) is 18.3. The maximum Gasteiger partial charge on any atom is 0.257 e. The molecule has 2 aliphatic rings. The molecule has 0 unspecified atom stereocenters. The molecule has 0 saturated carbocycles. The molecular formula is C21H17BrFN3O3. The van der Waals surface area contributed by atoms with E-state index in [2.05, 4.69) is 20.9 Å². The Morgan fingerprint density at radius 2 is 2.07 bits per heavy atom. The number of ether oxygens (including phenoxy) is 2. The van der Waals surface area contributed by atoms with Crippen molar-refractivity contribution in [2.45, 2.75) is 19.3 Å². The molecule has 1 atom stereocenters. The van der Waals surface area contributed by atoms with Crippen LogP contribution in [-0.4, -0.2) is 29.4 Å². The quantitative estimate of drug-likeness (QED) is 0.630. The lowest BCUT2D eigenvalue weighted by atomic mass is 10.0. The van der Waals surface area contributed by atoms with Gasteiger partial charge in [0.1, 0.15) is 24.0 Å². The van der Waals surface area contributed by atoms with Crippen LogP contribution in [0.5, 0.6) is 5.75 Å². The van der Waals surface area contributed by atoms with Gasteiger partial charge in [0.25, 0.3) is 5.91 Å². The molecule has 2 aromatic carbocycles. The molecule has 8 heteroatoms. The van der Waals surface area contributed by atoms with Crippen molar-refractivity contribution in [3.05, 3.63) is 62.9 Å². The van der Waals surface area contributed by atoms with Crippen molar-refractivity contribution in [1.29, 1.82) is 0 Å². The number of fused-ring (bicyclic) bond motifs is 4. The van der Waals surface area contributed by atoms with Crippen molar-refractivity contribution in [2.24, 2.45) is 0 Å². The summed E-state index contributed by atoms with van der Waals surface area (Å²) in [7, 11) is 1.66. The van der Waals surface area contributed by atoms with Crippen LogP contribution in [0.1, 0.15) is 33.1 Å². The highest BCUT2D eigenvalue weighted by atomic mass is 79.9. The van der Waals surface area contributed by atoms with Gasteiger partial charge in [0.2, 0.25) is 0 Å². The van der Waals surface area contributed by atoms with Crippen LogP contribution < -0.4 is 10.5 Å². The molecule has 29 heavy (non-hydrogen) atoms. The largest absolute Gasteiger partial charge is 0.491 e. The van der Waals surface area contributed by atoms with Crippen molar-refractivity contribution >= 4 is 38.6 Å². The predicted molar refractivity (Wildman–Crippen MR) is 109 cm³/mol. The zero-order chi connectivity index (χ0) is 20.3. The molecule has 6 nitrogen and oxygen atoms in total. The standard InChI is InChI=1S/C21H17BrFN3O3/c1-26(18-9-29-19-4-10(22)2-3-11(18)19)21(27)13-5-12-14-7-28-8-15(14)20(24)25-17(12)6-16(13)23/h2-6,18H,7-9H2,1H3,(H2,24,25)/t18-/m1/s1. The first-order valence-corrected chi connectivity index (χ1v) is 9.91. The Bertz CT molecular complexity index is 1180. The number of carbonyl (C=O) groups is 1. The van der Waals surface area contributed by atoms with Crippen LogP contribution in [0, 0.1) is 5.82 Å². The number of carbonyl (C=O) groups excluding carboxylic acids is 1. The van der Waals surface area contributed by atoms with Gasteiger partial charge in [-0.25, -0.2) is 9.37 Å². The van der Waals surface area contributed by atoms with E-state index < -0.39 is 11.7 Å². The first-order valence-electron chi connectivity index (χ1n) is 9.11. The Labute approximate surface area is 174 Å². The summed E-state index contributed by atoms with van der Waals surface area (Å²) in [6, 6.07) is 8.20. The van der Waals surface area contributed by atoms with Crippen molar-refractivity contribution in [1.82, 2.24) is 9.88 Å². The average Bonchev–Trinajstić information content (AvgIpc) is 3.34. The molecule has 148 valence electrons. The fraction of sp³-hybridized carbons (Fsp3) is 0.238. The van der Waals surface area contributed by atoms with E-state index in [1.54, 1.807) is 13.1 Å². The molecule has 0 aliphatic carbocycles. The Morgan fingerprint density at radius 1 is 1.28 bits per heavy atom. The van der Waals surface area contributed by atoms with Crippen LogP contribution in [0.2, 0.25) is 0 Å². The molecule has 3 aromatic rings. The first-order chi connectivity index (χ1) is 13.9. The third-order valence-electron chi connectivity index (χ3n) is 5.57. The highest BCUT2D eigenvalue weighted by Gasteiger charge is 2.32. The van der Waals surface area contributed by atoms with E-state index in [4.69, 9.17) is 15.2 Å². The predicted octanol–water partition coefficient (Wildman–Crippen LogP) is 3.95. The lowest BCUT2D eigenvalue weighted by Gasteiger charge is -2.24. The Morgan fingerprint density at radius 3 is 2.90 bits per heavy atom. The summed E-state index contributed by atoms with van der Waals surface area (Å²) in [6.45, 7) is 1.06. The number of pyridine rings is 1. The zero-order valence-corrected chi connectivity index (χ0v) is 17.1. The summed E-state index contributed by atoms with van der Waals surface area (Å²) in [5, 5.41) is 0.692. The smallest absolute Gasteiger partial charge is 0.257 e. The molecule has 0 bridgehead atoms. The highest BCUT2D eigenvalue weighted by molar-refractivity contribution is 9.10. The van der Waals surface area contributed by atoms with Gasteiger partial charge in [-0.05, 0) is 23.8 Å². The fourth-order valence-corrected chi connectivity index (χ4v) is 4.32. The lowest BCUT2D eigenvalue weighted by Crippen LogP contribution is -2.32. The maximum atomic E-state index is 14.9. The van der Waals surface area contributed by atoms with Crippen molar-refractivity contribution in [3.63, 3.8) is 0 Å². The van der Waals surface area contributed by atoms with E-state index in [0.29, 0.717) is 36.5 Å². The number of likely N-dealkylation sites (N-methyl/N-ethyl adjacent to an activating group) is 1. The van der Waals surface area contributed by atoms with Crippen molar-refractivity contribution in [2.75, 3.05) is 19.4 Å². The van der Waals surface area contributed by atoms with Gasteiger partial charge in [0.05, 0.1) is 30.3 Å². The molecule has 2 N–H and O–H groups in total. The van der Waals surface area contributed by atoms with Gasteiger partial charge in [0.15, 0.2) is 0 Å². The van der Waals surface area contributed by atoms with E-state index in [-0.39, 0.29) is 11.6 Å². The number of halogens is 2. The third-order valence-corrected chi connectivity index (χ3v) is 6.06. The van der Waals surface area contributed by atoms with Gasteiger partial charge in [-0.2, -0.15) is 0 Å². The normalized spacial score (nSPS) is 17.1. The second-order valence-corrected chi connectivity index (χ2v) is 8.14. The average molecular weight is 458 g/mol. The number of nitrogen functional groups attached to an aromatic ring is 1. The number of aromatic nitrogens is 1. The molecule has 1 aromatic heterocycles. The molecular weight excluding hydrogens is 441 g/mol. The lowest BCUT2D eigenvalue weighted by molar-refractivity contribution is 0.0704. The summed E-state index contributed by atoms with van der Waals surface area (Å²) in [5.41, 5.74) is 8.94. The minimum Gasteiger partial charge on any atom is -0.491 e. The second kappa shape index (κ2) is 6.67. The van der Waals surface area contributed by atoms with Gasteiger partial charge in [0, 0.05) is 34.1 Å². The Kier molecular flexibility index (Phi) is 4.22. The molecule has 2 aliphatic heterocycles. The minimum absolute atomic E-state index is 0.00812. The number of amides is 1. The molecule has 0 spiro atoms. The summed E-state index contributed by atoms with van der Waals surface area (Å²) in [4.78, 5) is 19.0. The van der Waals surface area contributed by atoms with Crippen LogP contribution in [0.3, 0.4) is 0 Å². The Hall–Kier alpha value is -2.71. The summed E-state index contributed by atoms with van der Waals surface area (Å²) in [5.74, 6) is 0.0115. The maximum absolute atomic E-state index is 14.9. The van der Waals surface area contributed by atoms with Gasteiger partial charge >= 0.3 is 0 Å². The number of benzene rings is 2. The summed E-state index contributed by atoms with van der Waals surface area (Å²) >= 11 is 3.41. The van der Waals surface area contributed by atoms with E-state index in [1.807, 2.05) is 18.2 Å². The Balaban J connectivity index is 1.55. The van der Waals surface area contributed by atoms with Gasteiger partial charge in [-0.3, -0.25) is 4.79 Å². The molecule has 0 saturated heterocycles. The number of anilines is 1. The molecule has 0 radical (unpaired) electrons. The number of rotatable bonds is 2. The van der Waals surface area contributed by atoms with Gasteiger partial charge < -0.3 is 20.1 Å². The molecule has 3 heterocycles.